The van der Waals surface area contributed by atoms with Crippen LogP contribution in [-0.2, 0) is 21.2 Å². The Balaban J connectivity index is 2.69. The smallest absolute Gasteiger partial charge is 0.320 e. The Morgan fingerprint density at radius 3 is 2.42 bits per heavy atom. The fraction of sp³-hybridized carbons (Fsp3) is 0.364. The molecule has 0 fully saturated rings. The number of carboxylic acid groups (broad SMARTS) is 1. The topological polar surface area (TPSA) is 109 Å². The summed E-state index contributed by atoms with van der Waals surface area (Å²) in [5.41, 5.74) is 6.61. The molecule has 0 heterocycles. The number of nitrogens with one attached hydrogen (secondary N) is 1. The zero-order valence-electron chi connectivity index (χ0n) is 10.0. The average molecular weight is 398 g/mol. The summed E-state index contributed by atoms with van der Waals surface area (Å²) in [7, 11) is -3.31. The van der Waals surface area contributed by atoms with Crippen LogP contribution >= 0.6 is 22.6 Å². The van der Waals surface area contributed by atoms with Gasteiger partial charge < -0.3 is 10.8 Å². The average Bonchev–Trinajstić information content (AvgIpc) is 2.31. The molecule has 0 spiro atoms. The first-order valence-electron chi connectivity index (χ1n) is 5.48. The molecule has 1 atom stereocenters. The number of benzene rings is 1. The van der Waals surface area contributed by atoms with Crippen molar-refractivity contribution in [2.45, 2.75) is 12.5 Å². The molecule has 0 aliphatic heterocycles. The Morgan fingerprint density at radius 1 is 1.37 bits per heavy atom. The van der Waals surface area contributed by atoms with Crippen molar-refractivity contribution in [3.63, 3.8) is 0 Å². The predicted octanol–water partition coefficient (Wildman–Crippen LogP) is 0.818. The van der Waals surface area contributed by atoms with E-state index in [1.807, 2.05) is 22.6 Å². The van der Waals surface area contributed by atoms with E-state index >= 15 is 0 Å². The molecule has 1 aromatic carbocycles. The Labute approximate surface area is 125 Å². The molecule has 0 aliphatic carbocycles. The maximum absolute atomic E-state index is 11.5. The van der Waals surface area contributed by atoms with Crippen molar-refractivity contribution in [2.24, 2.45) is 5.73 Å². The number of nitrogens with two attached hydrogens (primary N) is 1. The van der Waals surface area contributed by atoms with E-state index in [2.05, 4.69) is 4.72 Å². The molecule has 0 saturated heterocycles. The molecule has 1 unspecified atom stereocenters. The predicted molar refractivity (Wildman–Crippen MR) is 82.1 cm³/mol. The number of alkyl halides is 1. The maximum Gasteiger partial charge on any atom is 0.320 e. The van der Waals surface area contributed by atoms with Crippen LogP contribution in [0.3, 0.4) is 0 Å². The molecule has 0 amide bonds. The SMILES string of the molecule is NC(Cc1ccc(NS(=O)(=O)CCI)cc1)C(=O)O. The number of halogens is 1. The van der Waals surface area contributed by atoms with Gasteiger partial charge in [0, 0.05) is 10.1 Å². The van der Waals surface area contributed by atoms with Gasteiger partial charge in [-0.25, -0.2) is 8.42 Å². The van der Waals surface area contributed by atoms with E-state index in [9.17, 15) is 13.2 Å². The van der Waals surface area contributed by atoms with Crippen LogP contribution in [0.25, 0.3) is 0 Å². The fourth-order valence-corrected chi connectivity index (χ4v) is 3.92. The second kappa shape index (κ2) is 7.06. The normalized spacial score (nSPS) is 12.9. The molecule has 0 aliphatic rings. The number of sulfonamides is 1. The minimum Gasteiger partial charge on any atom is -0.480 e. The van der Waals surface area contributed by atoms with E-state index in [1.165, 1.54) is 0 Å². The Bertz CT molecular complexity index is 530. The quantitative estimate of drug-likeness (QED) is 0.466. The Hall–Kier alpha value is -0.870. The first-order chi connectivity index (χ1) is 8.84. The van der Waals surface area contributed by atoms with E-state index in [4.69, 9.17) is 10.8 Å². The fourth-order valence-electron chi connectivity index (χ4n) is 1.38. The molecule has 1 aromatic rings. The van der Waals surface area contributed by atoms with Crippen molar-refractivity contribution in [1.29, 1.82) is 0 Å². The third kappa shape index (κ3) is 5.74. The van der Waals surface area contributed by atoms with Gasteiger partial charge in [0.25, 0.3) is 0 Å². The van der Waals surface area contributed by atoms with Crippen LogP contribution in [0.1, 0.15) is 5.56 Å². The molecule has 19 heavy (non-hydrogen) atoms. The van der Waals surface area contributed by atoms with Crippen LogP contribution in [0.5, 0.6) is 0 Å². The Morgan fingerprint density at radius 2 is 1.95 bits per heavy atom. The first kappa shape index (κ1) is 16.2. The zero-order chi connectivity index (χ0) is 14.5. The van der Waals surface area contributed by atoms with Gasteiger partial charge in [0.2, 0.25) is 10.0 Å². The number of aliphatic carboxylic acids is 1. The van der Waals surface area contributed by atoms with Crippen LogP contribution < -0.4 is 10.5 Å². The highest BCUT2D eigenvalue weighted by Crippen LogP contribution is 2.13. The second-order valence-electron chi connectivity index (χ2n) is 3.96. The van der Waals surface area contributed by atoms with Gasteiger partial charge >= 0.3 is 5.97 Å². The highest BCUT2D eigenvalue weighted by molar-refractivity contribution is 14.1. The summed E-state index contributed by atoms with van der Waals surface area (Å²) in [6, 6.07) is 5.54. The molecule has 0 saturated carbocycles. The lowest BCUT2D eigenvalue weighted by Crippen LogP contribution is -2.32. The van der Waals surface area contributed by atoms with E-state index < -0.39 is 22.0 Å². The van der Waals surface area contributed by atoms with Gasteiger partial charge in [-0.2, -0.15) is 0 Å². The second-order valence-corrected chi connectivity index (χ2v) is 6.88. The molecule has 0 radical (unpaired) electrons. The Kier molecular flexibility index (Phi) is 6.01. The van der Waals surface area contributed by atoms with Gasteiger partial charge in [0.05, 0.1) is 5.75 Å². The lowest BCUT2D eigenvalue weighted by molar-refractivity contribution is -0.138. The molecule has 106 valence electrons. The molecule has 1 rings (SSSR count). The third-order valence-corrected chi connectivity index (χ3v) is 4.91. The summed E-state index contributed by atoms with van der Waals surface area (Å²) < 4.78 is 26.0. The summed E-state index contributed by atoms with van der Waals surface area (Å²) >= 11 is 1.99. The molecule has 8 heteroatoms. The standard InChI is InChI=1S/C11H15IN2O4S/c12-5-6-19(17,18)14-9-3-1-8(2-4-9)7-10(13)11(15)16/h1-4,10,14H,5-7,13H2,(H,15,16). The van der Waals surface area contributed by atoms with E-state index in [-0.39, 0.29) is 12.2 Å². The molecule has 4 N–H and O–H groups in total. The van der Waals surface area contributed by atoms with Crippen molar-refractivity contribution in [3.8, 4) is 0 Å². The third-order valence-electron chi connectivity index (χ3n) is 2.35. The maximum atomic E-state index is 11.5. The van der Waals surface area contributed by atoms with Crippen LogP contribution in [0.2, 0.25) is 0 Å². The van der Waals surface area contributed by atoms with Gasteiger partial charge in [-0.3, -0.25) is 9.52 Å². The lowest BCUT2D eigenvalue weighted by atomic mass is 10.1. The monoisotopic (exact) mass is 398 g/mol. The highest BCUT2D eigenvalue weighted by atomic mass is 127. The minimum absolute atomic E-state index is 0.0548. The van der Waals surface area contributed by atoms with Gasteiger partial charge in [-0.15, -0.1) is 0 Å². The summed E-state index contributed by atoms with van der Waals surface area (Å²) in [5.74, 6) is -1.01. The van der Waals surface area contributed by atoms with E-state index in [0.717, 1.165) is 5.56 Å². The summed E-state index contributed by atoms with van der Waals surface area (Å²) in [6.07, 6.45) is 0.204. The number of hydrogen-bond acceptors (Lipinski definition) is 4. The molecule has 6 nitrogen and oxygen atoms in total. The zero-order valence-corrected chi connectivity index (χ0v) is 13.0. The number of anilines is 1. The first-order valence-corrected chi connectivity index (χ1v) is 8.65. The number of rotatable bonds is 7. The number of carbonyl (C=O) groups is 1. The molecular formula is C11H15IN2O4S. The van der Waals surface area contributed by atoms with Crippen molar-refractivity contribution >= 4 is 44.3 Å². The number of hydrogen-bond donors (Lipinski definition) is 3. The van der Waals surface area contributed by atoms with Crippen LogP contribution in [0.15, 0.2) is 24.3 Å². The van der Waals surface area contributed by atoms with Gasteiger partial charge in [0.15, 0.2) is 0 Å². The summed E-state index contributed by atoms with van der Waals surface area (Å²) in [6.45, 7) is 0. The van der Waals surface area contributed by atoms with E-state index in [1.54, 1.807) is 24.3 Å². The van der Waals surface area contributed by atoms with E-state index in [0.29, 0.717) is 10.1 Å². The van der Waals surface area contributed by atoms with Crippen LogP contribution in [0.4, 0.5) is 5.69 Å². The van der Waals surface area contributed by atoms with Crippen molar-refractivity contribution in [1.82, 2.24) is 0 Å². The van der Waals surface area contributed by atoms with Gasteiger partial charge in [-0.05, 0) is 24.1 Å². The minimum atomic E-state index is -3.31. The lowest BCUT2D eigenvalue weighted by Gasteiger charge is -2.09. The van der Waals surface area contributed by atoms with Crippen molar-refractivity contribution in [2.75, 3.05) is 14.9 Å². The van der Waals surface area contributed by atoms with Crippen molar-refractivity contribution < 1.29 is 18.3 Å². The van der Waals surface area contributed by atoms with Crippen molar-refractivity contribution in [3.05, 3.63) is 29.8 Å². The van der Waals surface area contributed by atoms with Crippen LogP contribution in [0, 0.1) is 0 Å². The number of carboxylic acids is 1. The largest absolute Gasteiger partial charge is 0.480 e. The van der Waals surface area contributed by atoms with Crippen LogP contribution in [-0.4, -0.2) is 35.7 Å². The molecule has 0 aromatic heterocycles. The van der Waals surface area contributed by atoms with Gasteiger partial charge in [0.1, 0.15) is 6.04 Å². The highest BCUT2D eigenvalue weighted by Gasteiger charge is 2.12. The molecular weight excluding hydrogens is 383 g/mol. The summed E-state index contributed by atoms with van der Waals surface area (Å²) in [5, 5.41) is 8.69. The molecule has 0 bridgehead atoms. The summed E-state index contributed by atoms with van der Waals surface area (Å²) in [4.78, 5) is 10.6. The van der Waals surface area contributed by atoms with Gasteiger partial charge in [-0.1, -0.05) is 34.7 Å².